The van der Waals surface area contributed by atoms with Crippen LogP contribution in [0.25, 0.3) is 38.9 Å². The third kappa shape index (κ3) is 4.03. The van der Waals surface area contributed by atoms with E-state index in [-0.39, 0.29) is 11.6 Å². The molecule has 3 aromatic carbocycles. The van der Waals surface area contributed by atoms with Crippen LogP contribution >= 0.6 is 11.3 Å². The molecule has 0 aliphatic rings. The number of hydrogen-bond donors (Lipinski definition) is 0. The van der Waals surface area contributed by atoms with Crippen molar-refractivity contribution >= 4 is 11.3 Å². The summed E-state index contributed by atoms with van der Waals surface area (Å²) in [5.41, 5.74) is 5.82. The predicted octanol–water partition coefficient (Wildman–Crippen LogP) is 6.93. The van der Waals surface area contributed by atoms with Gasteiger partial charge in [0.15, 0.2) is 0 Å². The molecule has 164 valence electrons. The summed E-state index contributed by atoms with van der Waals surface area (Å²) in [6, 6.07) is 20.2. The molecule has 0 N–H and O–H groups in total. The zero-order valence-electron chi connectivity index (χ0n) is 17.9. The summed E-state index contributed by atoms with van der Waals surface area (Å²) in [6.45, 7) is 1.96. The van der Waals surface area contributed by atoms with E-state index >= 15 is 0 Å². The first-order valence-corrected chi connectivity index (χ1v) is 11.1. The molecule has 2 heterocycles. The molecule has 0 saturated heterocycles. The molecule has 0 saturated carbocycles. The van der Waals surface area contributed by atoms with Crippen LogP contribution in [0.2, 0.25) is 0 Å². The van der Waals surface area contributed by atoms with Crippen LogP contribution in [0.15, 0.2) is 78.2 Å². The van der Waals surface area contributed by atoms with Gasteiger partial charge in [0.1, 0.15) is 17.4 Å². The Hall–Kier alpha value is -3.84. The number of halogens is 2. The average Bonchev–Trinajstić information content (AvgIpc) is 3.45. The van der Waals surface area contributed by atoms with Gasteiger partial charge in [-0.2, -0.15) is 5.10 Å². The van der Waals surface area contributed by atoms with E-state index < -0.39 is 0 Å². The second kappa shape index (κ2) is 8.60. The second-order valence-electron chi connectivity index (χ2n) is 7.49. The first-order valence-electron chi connectivity index (χ1n) is 10.3. The van der Waals surface area contributed by atoms with Crippen LogP contribution in [0.3, 0.4) is 0 Å². The highest BCUT2D eigenvalue weighted by atomic mass is 32.1. The number of rotatable bonds is 5. The van der Waals surface area contributed by atoms with E-state index in [1.165, 1.54) is 35.6 Å². The maximum atomic E-state index is 13.6. The molecule has 0 unspecified atom stereocenters. The molecule has 5 aromatic rings. The van der Waals surface area contributed by atoms with Gasteiger partial charge >= 0.3 is 0 Å². The van der Waals surface area contributed by atoms with Gasteiger partial charge in [0.2, 0.25) is 5.13 Å². The fraction of sp³-hybridized carbons (Fsp3) is 0.0769. The first kappa shape index (κ1) is 21.0. The van der Waals surface area contributed by atoms with Crippen molar-refractivity contribution in [2.75, 3.05) is 7.11 Å². The van der Waals surface area contributed by atoms with Crippen LogP contribution < -0.4 is 4.74 Å². The van der Waals surface area contributed by atoms with Gasteiger partial charge in [0.05, 0.1) is 24.2 Å². The minimum Gasteiger partial charge on any atom is -0.497 e. The van der Waals surface area contributed by atoms with Gasteiger partial charge in [0.25, 0.3) is 0 Å². The quantitative estimate of drug-likeness (QED) is 0.286. The topological polar surface area (TPSA) is 39.9 Å². The number of thiazole rings is 1. The zero-order valence-corrected chi connectivity index (χ0v) is 18.7. The second-order valence-corrected chi connectivity index (χ2v) is 8.33. The fourth-order valence-corrected chi connectivity index (χ4v) is 4.51. The summed E-state index contributed by atoms with van der Waals surface area (Å²) in [7, 11) is 1.63. The van der Waals surface area contributed by atoms with Gasteiger partial charge in [-0.15, -0.1) is 11.3 Å². The van der Waals surface area contributed by atoms with E-state index in [9.17, 15) is 8.78 Å². The van der Waals surface area contributed by atoms with E-state index in [0.717, 1.165) is 45.1 Å². The standard InChI is InChI=1S/C26H19F2N3OS/c1-16-24(18-3-9-20(27)10-4-18)30-31(25(16)19-5-11-21(28)12-6-19)26-29-23(15-33-26)17-7-13-22(32-2)14-8-17/h3-15H,1-2H3. The van der Waals surface area contributed by atoms with Crippen LogP contribution in [0.1, 0.15) is 5.56 Å². The van der Waals surface area contributed by atoms with Crippen LogP contribution in [-0.4, -0.2) is 21.9 Å². The highest BCUT2D eigenvalue weighted by Crippen LogP contribution is 2.35. The first-order chi connectivity index (χ1) is 16.0. The van der Waals surface area contributed by atoms with Crippen molar-refractivity contribution in [2.24, 2.45) is 0 Å². The van der Waals surface area contributed by atoms with Crippen molar-refractivity contribution in [1.82, 2.24) is 14.8 Å². The van der Waals surface area contributed by atoms with Gasteiger partial charge in [-0.3, -0.25) is 0 Å². The van der Waals surface area contributed by atoms with Crippen molar-refractivity contribution in [3.63, 3.8) is 0 Å². The third-order valence-electron chi connectivity index (χ3n) is 5.42. The number of nitrogens with zero attached hydrogens (tertiary/aromatic N) is 3. The lowest BCUT2D eigenvalue weighted by Crippen LogP contribution is -1.99. The minimum atomic E-state index is -0.308. The molecular weight excluding hydrogens is 440 g/mol. The number of ether oxygens (including phenoxy) is 1. The third-order valence-corrected chi connectivity index (χ3v) is 6.23. The Balaban J connectivity index is 1.64. The summed E-state index contributed by atoms with van der Waals surface area (Å²) in [4.78, 5) is 4.82. The summed E-state index contributed by atoms with van der Waals surface area (Å²) in [5, 5.41) is 7.49. The van der Waals surface area contributed by atoms with E-state index in [0.29, 0.717) is 5.13 Å². The Bertz CT molecular complexity index is 1410. The Morgan fingerprint density at radius 1 is 0.788 bits per heavy atom. The van der Waals surface area contributed by atoms with Gasteiger partial charge in [-0.05, 0) is 79.7 Å². The number of hydrogen-bond acceptors (Lipinski definition) is 4. The maximum Gasteiger partial charge on any atom is 0.211 e. The SMILES string of the molecule is COc1ccc(-c2csc(-n3nc(-c4ccc(F)cc4)c(C)c3-c3ccc(F)cc3)n2)cc1. The Morgan fingerprint density at radius 2 is 1.36 bits per heavy atom. The predicted molar refractivity (Wildman–Crippen MR) is 127 cm³/mol. The van der Waals surface area contributed by atoms with Crippen LogP contribution in [0.5, 0.6) is 5.75 Å². The smallest absolute Gasteiger partial charge is 0.211 e. The molecule has 5 rings (SSSR count). The molecule has 4 nitrogen and oxygen atoms in total. The van der Waals surface area contributed by atoms with E-state index in [1.807, 2.05) is 36.6 Å². The lowest BCUT2D eigenvalue weighted by Gasteiger charge is -2.06. The maximum absolute atomic E-state index is 13.6. The largest absolute Gasteiger partial charge is 0.497 e. The van der Waals surface area contributed by atoms with Gasteiger partial charge in [-0.1, -0.05) is 0 Å². The summed E-state index contributed by atoms with van der Waals surface area (Å²) in [5.74, 6) is 0.162. The monoisotopic (exact) mass is 459 g/mol. The summed E-state index contributed by atoms with van der Waals surface area (Å²) >= 11 is 1.46. The summed E-state index contributed by atoms with van der Waals surface area (Å²) < 4.78 is 34.1. The molecule has 0 amide bonds. The van der Waals surface area contributed by atoms with E-state index in [2.05, 4.69) is 0 Å². The lowest BCUT2D eigenvalue weighted by molar-refractivity contribution is 0.415. The minimum absolute atomic E-state index is 0.307. The van der Waals surface area contributed by atoms with E-state index in [4.69, 9.17) is 14.8 Å². The molecule has 0 aliphatic heterocycles. The Morgan fingerprint density at radius 3 is 1.97 bits per heavy atom. The summed E-state index contributed by atoms with van der Waals surface area (Å²) in [6.07, 6.45) is 0. The van der Waals surface area contributed by atoms with Gasteiger partial charge < -0.3 is 4.74 Å². The lowest BCUT2D eigenvalue weighted by atomic mass is 10.0. The van der Waals surface area contributed by atoms with Crippen molar-refractivity contribution in [3.05, 3.63) is 95.4 Å². The molecule has 33 heavy (non-hydrogen) atoms. The van der Waals surface area contributed by atoms with Crippen molar-refractivity contribution < 1.29 is 13.5 Å². The molecular formula is C26H19F2N3OS. The average molecular weight is 460 g/mol. The fourth-order valence-electron chi connectivity index (χ4n) is 3.72. The van der Waals surface area contributed by atoms with Gasteiger partial charge in [0, 0.05) is 27.6 Å². The molecule has 7 heteroatoms. The molecule has 0 bridgehead atoms. The van der Waals surface area contributed by atoms with Crippen LogP contribution in [0.4, 0.5) is 8.78 Å². The Kier molecular flexibility index (Phi) is 5.48. The zero-order chi connectivity index (χ0) is 22.9. The van der Waals surface area contributed by atoms with Crippen molar-refractivity contribution in [2.45, 2.75) is 6.92 Å². The highest BCUT2D eigenvalue weighted by Gasteiger charge is 2.21. The molecule has 0 aliphatic carbocycles. The van der Waals surface area contributed by atoms with Crippen molar-refractivity contribution in [1.29, 1.82) is 0 Å². The molecule has 0 radical (unpaired) electrons. The van der Waals surface area contributed by atoms with Crippen LogP contribution in [0, 0.1) is 18.6 Å². The van der Waals surface area contributed by atoms with Crippen molar-refractivity contribution in [3.8, 4) is 44.7 Å². The molecule has 0 spiro atoms. The van der Waals surface area contributed by atoms with Crippen LogP contribution in [-0.2, 0) is 0 Å². The number of methoxy groups -OCH3 is 1. The number of benzene rings is 3. The Labute approximate surface area is 193 Å². The van der Waals surface area contributed by atoms with Gasteiger partial charge in [-0.25, -0.2) is 18.4 Å². The highest BCUT2D eigenvalue weighted by molar-refractivity contribution is 7.12. The number of aromatic nitrogens is 3. The normalized spacial score (nSPS) is 11.0. The van der Waals surface area contributed by atoms with E-state index in [1.54, 1.807) is 36.1 Å². The molecule has 2 aromatic heterocycles. The molecule has 0 fully saturated rings. The molecule has 0 atom stereocenters.